The summed E-state index contributed by atoms with van der Waals surface area (Å²) in [5.41, 5.74) is 6.23. The summed E-state index contributed by atoms with van der Waals surface area (Å²) in [6.45, 7) is 1.53. The highest BCUT2D eigenvalue weighted by atomic mass is 35.5. The minimum Gasteiger partial charge on any atom is -0.380 e. The van der Waals surface area contributed by atoms with E-state index >= 15 is 0 Å². The van der Waals surface area contributed by atoms with Gasteiger partial charge in [0.2, 0.25) is 5.91 Å². The number of ether oxygens (including phenoxy) is 1. The molecule has 1 aromatic carbocycles. The number of Topliss-reactive ketones (excluding diaryl/α,β-unsaturated/α-hetero) is 1. The first-order chi connectivity index (χ1) is 11.0. The number of ketones is 1. The summed E-state index contributed by atoms with van der Waals surface area (Å²) >= 11 is 5.85. The topological polar surface area (TPSA) is 72.6 Å². The van der Waals surface area contributed by atoms with E-state index in [1.54, 1.807) is 36.3 Å². The largest absolute Gasteiger partial charge is 0.380 e. The Labute approximate surface area is 141 Å². The van der Waals surface area contributed by atoms with E-state index in [-0.39, 0.29) is 23.7 Å². The predicted molar refractivity (Wildman–Crippen MR) is 89.6 cm³/mol. The summed E-state index contributed by atoms with van der Waals surface area (Å²) in [6.07, 6.45) is 1.43. The molecule has 23 heavy (non-hydrogen) atoms. The second kappa shape index (κ2) is 8.43. The Kier molecular flexibility index (Phi) is 6.57. The average molecular weight is 339 g/mol. The predicted octanol–water partition coefficient (Wildman–Crippen LogP) is 2.13. The van der Waals surface area contributed by atoms with E-state index < -0.39 is 0 Å². The number of hydrogen-bond acceptors (Lipinski definition) is 4. The summed E-state index contributed by atoms with van der Waals surface area (Å²) in [5.74, 6) is 0.137. The first-order valence-electron chi connectivity index (χ1n) is 7.85. The number of nitrogens with two attached hydrogens (primary N) is 1. The molecular formula is C17H23ClN2O3. The van der Waals surface area contributed by atoms with E-state index in [0.717, 1.165) is 0 Å². The molecule has 1 atom stereocenters. The lowest BCUT2D eigenvalue weighted by molar-refractivity contribution is -0.134. The third kappa shape index (κ3) is 4.77. The van der Waals surface area contributed by atoms with Gasteiger partial charge in [-0.15, -0.1) is 0 Å². The number of carbonyl (C=O) groups is 2. The lowest BCUT2D eigenvalue weighted by atomic mass is 9.89. The summed E-state index contributed by atoms with van der Waals surface area (Å²) in [7, 11) is 1.56. The zero-order chi connectivity index (χ0) is 16.8. The van der Waals surface area contributed by atoms with Gasteiger partial charge in [0.15, 0.2) is 5.78 Å². The van der Waals surface area contributed by atoms with Gasteiger partial charge in [0.05, 0.1) is 12.5 Å². The lowest BCUT2D eigenvalue weighted by Gasteiger charge is -2.32. The van der Waals surface area contributed by atoms with Crippen molar-refractivity contribution in [1.29, 1.82) is 0 Å². The van der Waals surface area contributed by atoms with Crippen molar-refractivity contribution in [2.24, 2.45) is 11.7 Å². The lowest BCUT2D eigenvalue weighted by Crippen LogP contribution is -2.42. The van der Waals surface area contributed by atoms with Crippen LogP contribution in [-0.4, -0.2) is 49.4 Å². The van der Waals surface area contributed by atoms with Crippen molar-refractivity contribution >= 4 is 23.3 Å². The molecule has 5 nitrogen and oxygen atoms in total. The number of amides is 1. The molecular weight excluding hydrogens is 316 g/mol. The normalized spacial score (nSPS) is 17.1. The molecule has 1 heterocycles. The zero-order valence-corrected chi connectivity index (χ0v) is 14.1. The number of likely N-dealkylation sites (tertiary alicyclic amines) is 1. The van der Waals surface area contributed by atoms with Gasteiger partial charge in [-0.2, -0.15) is 0 Å². The van der Waals surface area contributed by atoms with Crippen molar-refractivity contribution < 1.29 is 14.3 Å². The highest BCUT2D eigenvalue weighted by molar-refractivity contribution is 6.30. The standard InChI is InChI=1S/C17H23ClN2O3/c1-23-15(11-19)10-16(21)20-8-6-13(7-9-20)17(22)12-2-4-14(18)5-3-12/h2-5,13,15H,6-11,19H2,1H3. The van der Waals surface area contributed by atoms with Gasteiger partial charge in [0.25, 0.3) is 0 Å². The van der Waals surface area contributed by atoms with E-state index in [2.05, 4.69) is 0 Å². The van der Waals surface area contributed by atoms with Gasteiger partial charge in [-0.25, -0.2) is 0 Å². The fraction of sp³-hybridized carbons (Fsp3) is 0.529. The van der Waals surface area contributed by atoms with Crippen LogP contribution in [0.15, 0.2) is 24.3 Å². The molecule has 1 amide bonds. The Balaban J connectivity index is 1.87. The van der Waals surface area contributed by atoms with E-state index in [4.69, 9.17) is 22.1 Å². The van der Waals surface area contributed by atoms with Crippen LogP contribution in [0.25, 0.3) is 0 Å². The molecule has 1 aliphatic rings. The molecule has 0 aromatic heterocycles. The van der Waals surface area contributed by atoms with Crippen LogP contribution < -0.4 is 5.73 Å². The molecule has 0 bridgehead atoms. The number of carbonyl (C=O) groups excluding carboxylic acids is 2. The van der Waals surface area contributed by atoms with Crippen LogP contribution in [0, 0.1) is 5.92 Å². The molecule has 1 fully saturated rings. The summed E-state index contributed by atoms with van der Waals surface area (Å²) in [6, 6.07) is 6.97. The van der Waals surface area contributed by atoms with Gasteiger partial charge < -0.3 is 15.4 Å². The highest BCUT2D eigenvalue weighted by Crippen LogP contribution is 2.23. The quantitative estimate of drug-likeness (QED) is 0.806. The fourth-order valence-corrected chi connectivity index (χ4v) is 2.95. The fourth-order valence-electron chi connectivity index (χ4n) is 2.83. The maximum atomic E-state index is 12.5. The second-order valence-electron chi connectivity index (χ2n) is 5.82. The zero-order valence-electron chi connectivity index (χ0n) is 13.3. The third-order valence-electron chi connectivity index (χ3n) is 4.35. The van der Waals surface area contributed by atoms with Crippen LogP contribution >= 0.6 is 11.6 Å². The van der Waals surface area contributed by atoms with Crippen molar-refractivity contribution in [3.8, 4) is 0 Å². The minimum atomic E-state index is -0.240. The Hall–Kier alpha value is -1.43. The van der Waals surface area contributed by atoms with Gasteiger partial charge in [-0.1, -0.05) is 11.6 Å². The number of halogens is 1. The van der Waals surface area contributed by atoms with Crippen molar-refractivity contribution in [2.75, 3.05) is 26.7 Å². The van der Waals surface area contributed by atoms with Crippen LogP contribution in [0.3, 0.4) is 0 Å². The maximum absolute atomic E-state index is 12.5. The number of nitrogens with zero attached hydrogens (tertiary/aromatic N) is 1. The number of methoxy groups -OCH3 is 1. The Bertz CT molecular complexity index is 535. The molecule has 0 saturated carbocycles. The van der Waals surface area contributed by atoms with Crippen molar-refractivity contribution in [2.45, 2.75) is 25.4 Å². The smallest absolute Gasteiger partial charge is 0.225 e. The number of piperidine rings is 1. The minimum absolute atomic E-state index is 0.0343. The average Bonchev–Trinajstić information content (AvgIpc) is 2.59. The number of hydrogen-bond donors (Lipinski definition) is 1. The summed E-state index contributed by atoms with van der Waals surface area (Å²) in [5, 5.41) is 0.620. The molecule has 1 aliphatic heterocycles. The van der Waals surface area contributed by atoms with Crippen molar-refractivity contribution in [3.05, 3.63) is 34.9 Å². The van der Waals surface area contributed by atoms with Crippen LogP contribution in [0.5, 0.6) is 0 Å². The molecule has 126 valence electrons. The second-order valence-corrected chi connectivity index (χ2v) is 6.26. The molecule has 0 spiro atoms. The Morgan fingerprint density at radius 1 is 1.30 bits per heavy atom. The molecule has 2 rings (SSSR count). The van der Waals surface area contributed by atoms with Gasteiger partial charge in [-0.05, 0) is 37.1 Å². The van der Waals surface area contributed by atoms with Crippen LogP contribution in [0.1, 0.15) is 29.6 Å². The van der Waals surface area contributed by atoms with Crippen molar-refractivity contribution in [3.63, 3.8) is 0 Å². The first-order valence-corrected chi connectivity index (χ1v) is 8.23. The molecule has 1 unspecified atom stereocenters. The van der Waals surface area contributed by atoms with E-state index in [1.165, 1.54) is 0 Å². The molecule has 6 heteroatoms. The molecule has 1 saturated heterocycles. The Morgan fingerprint density at radius 2 is 1.91 bits per heavy atom. The number of benzene rings is 1. The van der Waals surface area contributed by atoms with Crippen LogP contribution in [0.4, 0.5) is 0 Å². The highest BCUT2D eigenvalue weighted by Gasteiger charge is 2.28. The van der Waals surface area contributed by atoms with Gasteiger partial charge in [0, 0.05) is 43.2 Å². The molecule has 0 aliphatic carbocycles. The van der Waals surface area contributed by atoms with E-state index in [9.17, 15) is 9.59 Å². The number of rotatable bonds is 6. The monoisotopic (exact) mass is 338 g/mol. The summed E-state index contributed by atoms with van der Waals surface area (Å²) in [4.78, 5) is 26.5. The maximum Gasteiger partial charge on any atom is 0.225 e. The van der Waals surface area contributed by atoms with E-state index in [1.807, 2.05) is 0 Å². The third-order valence-corrected chi connectivity index (χ3v) is 4.60. The van der Waals surface area contributed by atoms with Crippen LogP contribution in [0.2, 0.25) is 5.02 Å². The molecule has 2 N–H and O–H groups in total. The van der Waals surface area contributed by atoms with Gasteiger partial charge in [0.1, 0.15) is 0 Å². The van der Waals surface area contributed by atoms with Gasteiger partial charge in [-0.3, -0.25) is 9.59 Å². The van der Waals surface area contributed by atoms with Crippen molar-refractivity contribution in [1.82, 2.24) is 4.90 Å². The first kappa shape index (κ1) is 17.9. The van der Waals surface area contributed by atoms with E-state index in [0.29, 0.717) is 49.5 Å². The SMILES string of the molecule is COC(CN)CC(=O)N1CCC(C(=O)c2ccc(Cl)cc2)CC1. The van der Waals surface area contributed by atoms with Gasteiger partial charge >= 0.3 is 0 Å². The Morgan fingerprint density at radius 3 is 2.43 bits per heavy atom. The summed E-state index contributed by atoms with van der Waals surface area (Å²) < 4.78 is 5.15. The molecule has 1 aromatic rings. The molecule has 0 radical (unpaired) electrons. The van der Waals surface area contributed by atoms with Crippen LogP contribution in [-0.2, 0) is 9.53 Å².